The normalized spacial score (nSPS) is 10.4. The number of hydrogen-bond acceptors (Lipinski definition) is 2. The standard InChI is InChI=1S/C16H15F3N2O/c1-9-4-3-5-12(10(9)2)20-8-14(22)21-13-7-6-11(17)15(18)16(13)19/h3-7,20H,8H2,1-2H3,(H,21,22). The van der Waals surface area contributed by atoms with Gasteiger partial charge in [-0.15, -0.1) is 0 Å². The van der Waals surface area contributed by atoms with Gasteiger partial charge in [-0.05, 0) is 43.2 Å². The van der Waals surface area contributed by atoms with Gasteiger partial charge in [-0.3, -0.25) is 4.79 Å². The Balaban J connectivity index is 2.02. The van der Waals surface area contributed by atoms with Crippen LogP contribution in [0.4, 0.5) is 24.5 Å². The van der Waals surface area contributed by atoms with Crippen molar-refractivity contribution in [1.29, 1.82) is 0 Å². The quantitative estimate of drug-likeness (QED) is 0.844. The zero-order valence-corrected chi connectivity index (χ0v) is 12.1. The van der Waals surface area contributed by atoms with Gasteiger partial charge in [0.15, 0.2) is 17.5 Å². The molecule has 116 valence electrons. The van der Waals surface area contributed by atoms with Crippen LogP contribution >= 0.6 is 0 Å². The molecule has 0 aliphatic heterocycles. The number of hydrogen-bond donors (Lipinski definition) is 2. The summed E-state index contributed by atoms with van der Waals surface area (Å²) in [5.41, 5.74) is 2.44. The highest BCUT2D eigenvalue weighted by atomic mass is 19.2. The summed E-state index contributed by atoms with van der Waals surface area (Å²) in [6, 6.07) is 7.33. The first-order chi connectivity index (χ1) is 10.4. The summed E-state index contributed by atoms with van der Waals surface area (Å²) in [6.07, 6.45) is 0. The summed E-state index contributed by atoms with van der Waals surface area (Å²) in [5, 5.41) is 5.12. The van der Waals surface area contributed by atoms with E-state index in [1.54, 1.807) is 0 Å². The number of amides is 1. The van der Waals surface area contributed by atoms with Crippen LogP contribution in [0.15, 0.2) is 30.3 Å². The summed E-state index contributed by atoms with van der Waals surface area (Å²) < 4.78 is 39.3. The molecule has 0 aromatic heterocycles. The van der Waals surface area contributed by atoms with E-state index in [2.05, 4.69) is 10.6 Å². The molecule has 1 amide bonds. The maximum absolute atomic E-state index is 13.5. The Labute approximate surface area is 126 Å². The molecular weight excluding hydrogens is 293 g/mol. The lowest BCUT2D eigenvalue weighted by molar-refractivity contribution is -0.114. The van der Waals surface area contributed by atoms with Crippen LogP contribution in [0.3, 0.4) is 0 Å². The van der Waals surface area contributed by atoms with Gasteiger partial charge in [0.25, 0.3) is 0 Å². The molecule has 0 saturated carbocycles. The molecule has 2 N–H and O–H groups in total. The molecular formula is C16H15F3N2O. The van der Waals surface area contributed by atoms with Gasteiger partial charge < -0.3 is 10.6 Å². The first-order valence-electron chi connectivity index (χ1n) is 6.63. The molecule has 0 aliphatic carbocycles. The van der Waals surface area contributed by atoms with E-state index in [1.165, 1.54) is 0 Å². The number of aryl methyl sites for hydroxylation is 1. The Morgan fingerprint density at radius 3 is 2.45 bits per heavy atom. The van der Waals surface area contributed by atoms with Gasteiger partial charge >= 0.3 is 0 Å². The van der Waals surface area contributed by atoms with E-state index in [0.29, 0.717) is 0 Å². The third-order valence-corrected chi connectivity index (χ3v) is 3.35. The number of rotatable bonds is 4. The fraction of sp³-hybridized carbons (Fsp3) is 0.188. The Bertz CT molecular complexity index is 717. The molecule has 2 rings (SSSR count). The summed E-state index contributed by atoms with van der Waals surface area (Å²) in [6.45, 7) is 3.73. The summed E-state index contributed by atoms with van der Waals surface area (Å²) in [4.78, 5) is 11.8. The first-order valence-corrected chi connectivity index (χ1v) is 6.63. The average Bonchev–Trinajstić information content (AvgIpc) is 2.49. The van der Waals surface area contributed by atoms with Gasteiger partial charge in [-0.2, -0.15) is 0 Å². The number of carbonyl (C=O) groups excluding carboxylic acids is 1. The molecule has 0 spiro atoms. The molecule has 22 heavy (non-hydrogen) atoms. The van der Waals surface area contributed by atoms with Gasteiger partial charge in [0.05, 0.1) is 12.2 Å². The molecule has 0 fully saturated rings. The average molecular weight is 308 g/mol. The van der Waals surface area contributed by atoms with Crippen molar-refractivity contribution in [2.24, 2.45) is 0 Å². The molecule has 0 atom stereocenters. The topological polar surface area (TPSA) is 41.1 Å². The largest absolute Gasteiger partial charge is 0.376 e. The van der Waals surface area contributed by atoms with Crippen molar-refractivity contribution in [3.05, 3.63) is 58.9 Å². The Kier molecular flexibility index (Phi) is 4.70. The highest BCUT2D eigenvalue weighted by molar-refractivity contribution is 5.94. The van der Waals surface area contributed by atoms with Crippen LogP contribution in [0.2, 0.25) is 0 Å². The minimum absolute atomic E-state index is 0.122. The van der Waals surface area contributed by atoms with Crippen LogP contribution in [-0.2, 0) is 4.79 Å². The highest BCUT2D eigenvalue weighted by Crippen LogP contribution is 2.20. The van der Waals surface area contributed by atoms with Gasteiger partial charge in [-0.25, -0.2) is 13.2 Å². The molecule has 3 nitrogen and oxygen atoms in total. The molecule has 0 saturated heterocycles. The Morgan fingerprint density at radius 2 is 1.73 bits per heavy atom. The summed E-state index contributed by atoms with van der Waals surface area (Å²) in [5.74, 6) is -4.89. The van der Waals surface area contributed by atoms with E-state index >= 15 is 0 Å². The van der Waals surface area contributed by atoms with Crippen LogP contribution in [0.25, 0.3) is 0 Å². The minimum atomic E-state index is -1.61. The zero-order valence-electron chi connectivity index (χ0n) is 12.1. The van der Waals surface area contributed by atoms with Crippen LogP contribution in [0, 0.1) is 31.3 Å². The van der Waals surface area contributed by atoms with Crippen molar-refractivity contribution in [3.8, 4) is 0 Å². The molecule has 0 heterocycles. The van der Waals surface area contributed by atoms with Crippen molar-refractivity contribution >= 4 is 17.3 Å². The van der Waals surface area contributed by atoms with Crippen molar-refractivity contribution in [3.63, 3.8) is 0 Å². The summed E-state index contributed by atoms with van der Waals surface area (Å²) in [7, 11) is 0. The smallest absolute Gasteiger partial charge is 0.243 e. The lowest BCUT2D eigenvalue weighted by Gasteiger charge is -2.12. The number of nitrogens with one attached hydrogen (secondary N) is 2. The first kappa shape index (κ1) is 15.9. The predicted molar refractivity (Wildman–Crippen MR) is 79.4 cm³/mol. The van der Waals surface area contributed by atoms with E-state index in [4.69, 9.17) is 0 Å². The number of benzene rings is 2. The molecule has 2 aromatic carbocycles. The second-order valence-electron chi connectivity index (χ2n) is 4.87. The fourth-order valence-corrected chi connectivity index (χ4v) is 1.93. The van der Waals surface area contributed by atoms with Gasteiger partial charge in [0.2, 0.25) is 5.91 Å². The second-order valence-corrected chi connectivity index (χ2v) is 4.87. The molecule has 0 aliphatic rings. The summed E-state index contributed by atoms with van der Waals surface area (Å²) >= 11 is 0. The molecule has 6 heteroatoms. The van der Waals surface area contributed by atoms with Gasteiger partial charge in [-0.1, -0.05) is 12.1 Å². The van der Waals surface area contributed by atoms with Crippen molar-refractivity contribution < 1.29 is 18.0 Å². The number of anilines is 2. The monoisotopic (exact) mass is 308 g/mol. The van der Waals surface area contributed by atoms with Crippen LogP contribution in [0.1, 0.15) is 11.1 Å². The maximum Gasteiger partial charge on any atom is 0.243 e. The van der Waals surface area contributed by atoms with Gasteiger partial charge in [0, 0.05) is 5.69 Å². The third-order valence-electron chi connectivity index (χ3n) is 3.35. The van der Waals surface area contributed by atoms with Crippen LogP contribution in [-0.4, -0.2) is 12.5 Å². The molecule has 0 unspecified atom stereocenters. The second kappa shape index (κ2) is 6.51. The van der Waals surface area contributed by atoms with Gasteiger partial charge in [0.1, 0.15) is 0 Å². The van der Waals surface area contributed by atoms with Crippen LogP contribution in [0.5, 0.6) is 0 Å². The maximum atomic E-state index is 13.5. The fourth-order valence-electron chi connectivity index (χ4n) is 1.93. The molecule has 0 bridgehead atoms. The van der Waals surface area contributed by atoms with E-state index in [1.807, 2.05) is 32.0 Å². The third kappa shape index (κ3) is 3.39. The van der Waals surface area contributed by atoms with Crippen molar-refractivity contribution in [1.82, 2.24) is 0 Å². The van der Waals surface area contributed by atoms with Crippen molar-refractivity contribution in [2.75, 3.05) is 17.2 Å². The predicted octanol–water partition coefficient (Wildman–Crippen LogP) is 3.77. The lowest BCUT2D eigenvalue weighted by Crippen LogP contribution is -2.23. The SMILES string of the molecule is Cc1cccc(NCC(=O)Nc2ccc(F)c(F)c2F)c1C. The highest BCUT2D eigenvalue weighted by Gasteiger charge is 2.15. The van der Waals surface area contributed by atoms with E-state index in [-0.39, 0.29) is 6.54 Å². The van der Waals surface area contributed by atoms with E-state index < -0.39 is 29.0 Å². The zero-order chi connectivity index (χ0) is 16.3. The number of halogens is 3. The number of carbonyl (C=O) groups is 1. The molecule has 0 radical (unpaired) electrons. The van der Waals surface area contributed by atoms with Crippen molar-refractivity contribution in [2.45, 2.75) is 13.8 Å². The van der Waals surface area contributed by atoms with E-state index in [9.17, 15) is 18.0 Å². The Hall–Kier alpha value is -2.50. The molecule has 2 aromatic rings. The lowest BCUT2D eigenvalue weighted by atomic mass is 10.1. The Morgan fingerprint density at radius 1 is 1.00 bits per heavy atom. The minimum Gasteiger partial charge on any atom is -0.376 e. The van der Waals surface area contributed by atoms with Crippen LogP contribution < -0.4 is 10.6 Å². The van der Waals surface area contributed by atoms with E-state index in [0.717, 1.165) is 28.9 Å².